The fourth-order valence-electron chi connectivity index (χ4n) is 3.39. The lowest BCUT2D eigenvalue weighted by atomic mass is 9.71. The minimum absolute atomic E-state index is 0.228. The Morgan fingerprint density at radius 2 is 1.46 bits per heavy atom. The number of aliphatic hydroxyl groups is 1. The molecule has 0 saturated carbocycles. The normalized spacial score (nSPS) is 18.9. The molecule has 0 fully saturated rings. The molecule has 118 valence electrons. The van der Waals surface area contributed by atoms with Crippen LogP contribution in [0.4, 0.5) is 0 Å². The van der Waals surface area contributed by atoms with Gasteiger partial charge in [-0.3, -0.25) is 4.79 Å². The molecule has 0 amide bonds. The fraction of sp³-hybridized carbons (Fsp3) is 0.0500. The summed E-state index contributed by atoms with van der Waals surface area (Å²) in [6.45, 7) is 0. The van der Waals surface area contributed by atoms with E-state index >= 15 is 0 Å². The maximum atomic E-state index is 12.9. The first-order chi connectivity index (χ1) is 11.5. The van der Waals surface area contributed by atoms with Gasteiger partial charge in [0.1, 0.15) is 5.60 Å². The van der Waals surface area contributed by atoms with Gasteiger partial charge in [0.2, 0.25) is 0 Å². The van der Waals surface area contributed by atoms with Gasteiger partial charge in [-0.1, -0.05) is 77.8 Å². The Kier molecular flexibility index (Phi) is 3.50. The average molecular weight is 355 g/mol. The van der Waals surface area contributed by atoms with E-state index in [1.165, 1.54) is 0 Å². The Labute approximate surface area is 149 Å². The third-order valence-electron chi connectivity index (χ3n) is 4.44. The molecule has 1 N–H and O–H groups in total. The fourth-order valence-corrected chi connectivity index (χ4v) is 3.96. The summed E-state index contributed by atoms with van der Waals surface area (Å²) in [5.41, 5.74) is 0.637. The summed E-state index contributed by atoms with van der Waals surface area (Å²) in [6, 6.07) is 19.3. The van der Waals surface area contributed by atoms with Crippen molar-refractivity contribution in [3.63, 3.8) is 0 Å². The van der Waals surface area contributed by atoms with Crippen LogP contribution in [0, 0.1) is 0 Å². The highest BCUT2D eigenvalue weighted by molar-refractivity contribution is 6.37. The van der Waals surface area contributed by atoms with Gasteiger partial charge < -0.3 is 5.11 Å². The molecule has 1 unspecified atom stereocenters. The molecule has 4 heteroatoms. The van der Waals surface area contributed by atoms with Crippen molar-refractivity contribution in [2.24, 2.45) is 0 Å². The molecule has 1 aliphatic carbocycles. The zero-order valence-corrected chi connectivity index (χ0v) is 14.0. The Hall–Kier alpha value is -2.13. The van der Waals surface area contributed by atoms with Gasteiger partial charge >= 0.3 is 0 Å². The lowest BCUT2D eigenvalue weighted by Crippen LogP contribution is -2.37. The largest absolute Gasteiger partial charge is 0.376 e. The first-order valence-electron chi connectivity index (χ1n) is 7.45. The molecular formula is C20H12Cl2O2. The van der Waals surface area contributed by atoms with E-state index in [1.807, 2.05) is 30.3 Å². The van der Waals surface area contributed by atoms with Crippen LogP contribution in [0.15, 0.2) is 66.7 Å². The molecule has 0 saturated heterocycles. The first-order valence-corrected chi connectivity index (χ1v) is 8.21. The van der Waals surface area contributed by atoms with Crippen molar-refractivity contribution in [2.75, 3.05) is 0 Å². The van der Waals surface area contributed by atoms with Crippen LogP contribution in [0.1, 0.15) is 32.6 Å². The van der Waals surface area contributed by atoms with Gasteiger partial charge in [0.25, 0.3) is 0 Å². The van der Waals surface area contributed by atoms with Crippen LogP contribution < -0.4 is 0 Å². The van der Waals surface area contributed by atoms with Gasteiger partial charge in [0, 0.05) is 27.3 Å². The average Bonchev–Trinajstić information content (AvgIpc) is 2.60. The number of ketones is 1. The number of rotatable bonds is 1. The van der Waals surface area contributed by atoms with Crippen LogP contribution in [-0.2, 0) is 5.60 Å². The number of halogens is 2. The Morgan fingerprint density at radius 1 is 0.792 bits per heavy atom. The molecule has 0 heterocycles. The summed E-state index contributed by atoms with van der Waals surface area (Å²) in [5.74, 6) is -0.228. The predicted molar refractivity (Wildman–Crippen MR) is 94.9 cm³/mol. The molecule has 2 nitrogen and oxygen atoms in total. The van der Waals surface area contributed by atoms with Gasteiger partial charge in [0.15, 0.2) is 5.78 Å². The van der Waals surface area contributed by atoms with Crippen LogP contribution in [0.5, 0.6) is 0 Å². The van der Waals surface area contributed by atoms with Crippen molar-refractivity contribution < 1.29 is 9.90 Å². The van der Waals surface area contributed by atoms with Crippen LogP contribution in [0.2, 0.25) is 10.0 Å². The Balaban J connectivity index is 2.18. The van der Waals surface area contributed by atoms with Crippen molar-refractivity contribution in [1.29, 1.82) is 0 Å². The van der Waals surface area contributed by atoms with Gasteiger partial charge in [-0.25, -0.2) is 0 Å². The van der Waals surface area contributed by atoms with Crippen LogP contribution >= 0.6 is 23.2 Å². The molecule has 0 aromatic heterocycles. The van der Waals surface area contributed by atoms with Gasteiger partial charge in [-0.05, 0) is 17.7 Å². The van der Waals surface area contributed by atoms with Gasteiger partial charge in [-0.15, -0.1) is 0 Å². The third kappa shape index (κ3) is 1.97. The summed E-state index contributed by atoms with van der Waals surface area (Å²) in [6.07, 6.45) is 0. The molecule has 3 aromatic carbocycles. The number of carbonyl (C=O) groups is 1. The lowest BCUT2D eigenvalue weighted by molar-refractivity contribution is 0.0950. The summed E-state index contributed by atoms with van der Waals surface area (Å²) in [4.78, 5) is 12.9. The molecule has 0 spiro atoms. The standard InChI is InChI=1S/C20H12Cl2O2/c21-15-10-5-9-14-17(15)19(23)13-8-4-11-16(22)18(13)20(14,24)12-6-2-1-3-7-12/h1-11,24H. The zero-order chi connectivity index (χ0) is 16.9. The maximum absolute atomic E-state index is 12.9. The monoisotopic (exact) mass is 354 g/mol. The SMILES string of the molecule is O=C1c2cccc(Cl)c2C(O)(c2ccccc2)c2cccc(Cl)c21. The zero-order valence-electron chi connectivity index (χ0n) is 12.5. The second-order valence-corrected chi connectivity index (χ2v) is 6.54. The van der Waals surface area contributed by atoms with E-state index in [1.54, 1.807) is 36.4 Å². The van der Waals surface area contributed by atoms with Crippen LogP contribution in [-0.4, -0.2) is 10.9 Å². The highest BCUT2D eigenvalue weighted by Crippen LogP contribution is 2.48. The maximum Gasteiger partial charge on any atom is 0.195 e. The molecular weight excluding hydrogens is 343 g/mol. The molecule has 0 bridgehead atoms. The van der Waals surface area contributed by atoms with E-state index < -0.39 is 5.60 Å². The van der Waals surface area contributed by atoms with E-state index in [0.29, 0.717) is 37.9 Å². The van der Waals surface area contributed by atoms with Crippen LogP contribution in [0.3, 0.4) is 0 Å². The molecule has 3 aromatic rings. The molecule has 24 heavy (non-hydrogen) atoms. The Bertz CT molecular complexity index is 967. The summed E-state index contributed by atoms with van der Waals surface area (Å²) in [5, 5.41) is 12.4. The smallest absolute Gasteiger partial charge is 0.195 e. The van der Waals surface area contributed by atoms with E-state index in [9.17, 15) is 9.90 Å². The van der Waals surface area contributed by atoms with Crippen molar-refractivity contribution in [2.45, 2.75) is 5.60 Å². The second kappa shape index (κ2) is 5.45. The number of hydrogen-bond donors (Lipinski definition) is 1. The molecule has 1 atom stereocenters. The van der Waals surface area contributed by atoms with Crippen molar-refractivity contribution in [3.8, 4) is 0 Å². The van der Waals surface area contributed by atoms with E-state index in [4.69, 9.17) is 23.2 Å². The predicted octanol–water partition coefficient (Wildman–Crippen LogP) is 4.82. The van der Waals surface area contributed by atoms with E-state index in [2.05, 4.69) is 0 Å². The quantitative estimate of drug-likeness (QED) is 0.679. The number of benzene rings is 3. The minimum Gasteiger partial charge on any atom is -0.376 e. The van der Waals surface area contributed by atoms with Crippen molar-refractivity contribution in [1.82, 2.24) is 0 Å². The molecule has 0 aliphatic heterocycles. The third-order valence-corrected chi connectivity index (χ3v) is 5.07. The topological polar surface area (TPSA) is 37.3 Å². The summed E-state index contributed by atoms with van der Waals surface area (Å²) >= 11 is 12.7. The first kappa shape index (κ1) is 15.4. The summed E-state index contributed by atoms with van der Waals surface area (Å²) in [7, 11) is 0. The van der Waals surface area contributed by atoms with Gasteiger partial charge in [0.05, 0.1) is 5.02 Å². The number of hydrogen-bond acceptors (Lipinski definition) is 2. The van der Waals surface area contributed by atoms with Crippen molar-refractivity contribution in [3.05, 3.63) is 105 Å². The highest BCUT2D eigenvalue weighted by Gasteiger charge is 2.45. The molecule has 4 rings (SSSR count). The lowest BCUT2D eigenvalue weighted by Gasteiger charge is -2.37. The Morgan fingerprint density at radius 3 is 2.21 bits per heavy atom. The van der Waals surface area contributed by atoms with Crippen molar-refractivity contribution >= 4 is 29.0 Å². The molecule has 0 radical (unpaired) electrons. The number of fused-ring (bicyclic) bond motifs is 2. The van der Waals surface area contributed by atoms with Crippen LogP contribution in [0.25, 0.3) is 0 Å². The summed E-state index contributed by atoms with van der Waals surface area (Å²) < 4.78 is 0. The number of carbonyl (C=O) groups excluding carboxylic acids is 1. The molecule has 1 aliphatic rings. The van der Waals surface area contributed by atoms with E-state index in [-0.39, 0.29) is 5.78 Å². The highest BCUT2D eigenvalue weighted by atomic mass is 35.5. The van der Waals surface area contributed by atoms with Gasteiger partial charge in [-0.2, -0.15) is 0 Å². The minimum atomic E-state index is -1.54. The second-order valence-electron chi connectivity index (χ2n) is 5.73. The van der Waals surface area contributed by atoms with E-state index in [0.717, 1.165) is 0 Å².